The van der Waals surface area contributed by atoms with Gasteiger partial charge in [-0.25, -0.2) is 5.84 Å². The van der Waals surface area contributed by atoms with Crippen molar-refractivity contribution in [3.8, 4) is 5.75 Å². The summed E-state index contributed by atoms with van der Waals surface area (Å²) in [6.07, 6.45) is 0.999. The third-order valence-electron chi connectivity index (χ3n) is 2.74. The summed E-state index contributed by atoms with van der Waals surface area (Å²) in [5.41, 5.74) is 2.79. The number of carbonyl (C=O) groups excluding carboxylic acids is 1. The number of benzene rings is 1. The fourth-order valence-electron chi connectivity index (χ4n) is 1.55. The Kier molecular flexibility index (Phi) is 6.48. The van der Waals surface area contributed by atoms with Gasteiger partial charge in [0.25, 0.3) is 5.91 Å². The van der Waals surface area contributed by atoms with E-state index < -0.39 is 0 Å². The molecule has 0 saturated heterocycles. The number of hydrogen-bond donors (Lipinski definition) is 2. The third kappa shape index (κ3) is 6.04. The standard InChI is InChI=1S/C15H24N2O3/c1-15(2,3)8-9-19-10-11-20-13-7-5-4-6-12(13)14(18)17-16/h4-7H,8-11,16H2,1-3H3,(H,17,18). The normalized spacial score (nSPS) is 11.2. The van der Waals surface area contributed by atoms with Crippen LogP contribution < -0.4 is 16.0 Å². The fourth-order valence-corrected chi connectivity index (χ4v) is 1.55. The van der Waals surface area contributed by atoms with Crippen molar-refractivity contribution < 1.29 is 14.3 Å². The van der Waals surface area contributed by atoms with Gasteiger partial charge >= 0.3 is 0 Å². The first kappa shape index (κ1) is 16.5. The summed E-state index contributed by atoms with van der Waals surface area (Å²) in [6.45, 7) is 8.13. The van der Waals surface area contributed by atoms with Crippen LogP contribution in [0.3, 0.4) is 0 Å². The van der Waals surface area contributed by atoms with Gasteiger partial charge < -0.3 is 9.47 Å². The topological polar surface area (TPSA) is 73.6 Å². The second-order valence-corrected chi connectivity index (χ2v) is 5.74. The Morgan fingerprint density at radius 3 is 2.55 bits per heavy atom. The van der Waals surface area contributed by atoms with E-state index >= 15 is 0 Å². The molecule has 0 radical (unpaired) electrons. The van der Waals surface area contributed by atoms with Crippen molar-refractivity contribution in [1.29, 1.82) is 0 Å². The summed E-state index contributed by atoms with van der Waals surface area (Å²) in [4.78, 5) is 11.5. The minimum atomic E-state index is -0.366. The lowest BCUT2D eigenvalue weighted by molar-refractivity contribution is 0.0805. The van der Waals surface area contributed by atoms with Crippen LogP contribution in [0.4, 0.5) is 0 Å². The molecule has 1 aromatic rings. The molecule has 0 aromatic heterocycles. The number of hydrazine groups is 1. The zero-order chi connectivity index (χ0) is 15.0. The van der Waals surface area contributed by atoms with Crippen LogP contribution in [0.1, 0.15) is 37.6 Å². The van der Waals surface area contributed by atoms with Crippen LogP contribution in [0.25, 0.3) is 0 Å². The van der Waals surface area contributed by atoms with Gasteiger partial charge in [-0.3, -0.25) is 10.2 Å². The molecule has 1 amide bonds. The van der Waals surface area contributed by atoms with Crippen LogP contribution in [-0.2, 0) is 4.74 Å². The fraction of sp³-hybridized carbons (Fsp3) is 0.533. The van der Waals surface area contributed by atoms with Crippen LogP contribution in [0, 0.1) is 5.41 Å². The first-order chi connectivity index (χ1) is 9.44. The minimum Gasteiger partial charge on any atom is -0.490 e. The van der Waals surface area contributed by atoms with Crippen molar-refractivity contribution >= 4 is 5.91 Å². The lowest BCUT2D eigenvalue weighted by atomic mass is 9.93. The van der Waals surface area contributed by atoms with Gasteiger partial charge in [0.05, 0.1) is 12.2 Å². The van der Waals surface area contributed by atoms with E-state index in [1.807, 2.05) is 6.07 Å². The van der Waals surface area contributed by atoms with Crippen LogP contribution in [0.15, 0.2) is 24.3 Å². The summed E-state index contributed by atoms with van der Waals surface area (Å²) in [5.74, 6) is 5.27. The van der Waals surface area contributed by atoms with Gasteiger partial charge in [0, 0.05) is 6.61 Å². The smallest absolute Gasteiger partial charge is 0.268 e. The van der Waals surface area contributed by atoms with Crippen molar-refractivity contribution in [3.63, 3.8) is 0 Å². The summed E-state index contributed by atoms with van der Waals surface area (Å²) in [5, 5.41) is 0. The van der Waals surface area contributed by atoms with E-state index in [0.29, 0.717) is 31.1 Å². The Balaban J connectivity index is 2.34. The molecule has 3 N–H and O–H groups in total. The largest absolute Gasteiger partial charge is 0.490 e. The number of rotatable bonds is 7. The summed E-state index contributed by atoms with van der Waals surface area (Å²) < 4.78 is 11.1. The highest BCUT2D eigenvalue weighted by atomic mass is 16.5. The Bertz CT molecular complexity index is 427. The molecule has 0 aliphatic rings. The second kappa shape index (κ2) is 7.87. The van der Waals surface area contributed by atoms with Gasteiger partial charge in [0.1, 0.15) is 12.4 Å². The van der Waals surface area contributed by atoms with Gasteiger partial charge in [0.15, 0.2) is 0 Å². The highest BCUT2D eigenvalue weighted by Crippen LogP contribution is 2.18. The van der Waals surface area contributed by atoms with Crippen LogP contribution in [-0.4, -0.2) is 25.7 Å². The number of hydrogen-bond acceptors (Lipinski definition) is 4. The maximum absolute atomic E-state index is 11.5. The first-order valence-corrected chi connectivity index (χ1v) is 6.74. The van der Waals surface area contributed by atoms with Gasteiger partial charge in [0.2, 0.25) is 0 Å². The second-order valence-electron chi connectivity index (χ2n) is 5.74. The van der Waals surface area contributed by atoms with Crippen molar-refractivity contribution in [2.75, 3.05) is 19.8 Å². The quantitative estimate of drug-likeness (QED) is 0.347. The highest BCUT2D eigenvalue weighted by molar-refractivity contribution is 5.96. The van der Waals surface area contributed by atoms with E-state index in [9.17, 15) is 4.79 Å². The molecule has 0 unspecified atom stereocenters. The Morgan fingerprint density at radius 1 is 1.20 bits per heavy atom. The Hall–Kier alpha value is -1.59. The number of nitrogens with one attached hydrogen (secondary N) is 1. The SMILES string of the molecule is CC(C)(C)CCOCCOc1ccccc1C(=O)NN. The molecule has 5 heteroatoms. The predicted octanol–water partition coefficient (Wildman–Crippen LogP) is 2.12. The molecule has 0 fully saturated rings. The zero-order valence-electron chi connectivity index (χ0n) is 12.4. The molecule has 1 rings (SSSR count). The Morgan fingerprint density at radius 2 is 1.90 bits per heavy atom. The molecule has 0 atom stereocenters. The summed E-state index contributed by atoms with van der Waals surface area (Å²) >= 11 is 0. The molecular formula is C15H24N2O3. The monoisotopic (exact) mass is 280 g/mol. The molecular weight excluding hydrogens is 256 g/mol. The van der Waals surface area contributed by atoms with Crippen LogP contribution in [0.5, 0.6) is 5.75 Å². The molecule has 0 bridgehead atoms. The van der Waals surface area contributed by atoms with Crippen molar-refractivity contribution in [3.05, 3.63) is 29.8 Å². The maximum atomic E-state index is 11.5. The van der Waals surface area contributed by atoms with Gasteiger partial charge in [-0.1, -0.05) is 32.9 Å². The number of carbonyl (C=O) groups is 1. The molecule has 20 heavy (non-hydrogen) atoms. The van der Waals surface area contributed by atoms with Crippen LogP contribution in [0.2, 0.25) is 0 Å². The van der Waals surface area contributed by atoms with Gasteiger partial charge in [-0.2, -0.15) is 0 Å². The van der Waals surface area contributed by atoms with Gasteiger partial charge in [-0.05, 0) is 24.0 Å². The van der Waals surface area contributed by atoms with E-state index in [0.717, 1.165) is 6.42 Å². The van der Waals surface area contributed by atoms with E-state index in [1.165, 1.54) is 0 Å². The lowest BCUT2D eigenvalue weighted by Crippen LogP contribution is -2.30. The lowest BCUT2D eigenvalue weighted by Gasteiger charge is -2.17. The predicted molar refractivity (Wildman–Crippen MR) is 78.5 cm³/mol. The maximum Gasteiger partial charge on any atom is 0.268 e. The number of para-hydroxylation sites is 1. The van der Waals surface area contributed by atoms with E-state index in [4.69, 9.17) is 15.3 Å². The number of nitrogen functional groups attached to an aromatic ring is 1. The minimum absolute atomic E-state index is 0.271. The summed E-state index contributed by atoms with van der Waals surface area (Å²) in [7, 11) is 0. The molecule has 0 aliphatic heterocycles. The molecule has 0 aliphatic carbocycles. The van der Waals surface area contributed by atoms with Crippen LogP contribution >= 0.6 is 0 Å². The summed E-state index contributed by atoms with van der Waals surface area (Å²) in [6, 6.07) is 6.97. The molecule has 112 valence electrons. The molecule has 0 heterocycles. The Labute approximate surface area is 120 Å². The molecule has 5 nitrogen and oxygen atoms in total. The van der Waals surface area contributed by atoms with Crippen molar-refractivity contribution in [2.24, 2.45) is 11.3 Å². The van der Waals surface area contributed by atoms with Gasteiger partial charge in [-0.15, -0.1) is 0 Å². The van der Waals surface area contributed by atoms with Crippen molar-refractivity contribution in [2.45, 2.75) is 27.2 Å². The highest BCUT2D eigenvalue weighted by Gasteiger charge is 2.11. The number of amides is 1. The average Bonchev–Trinajstić information content (AvgIpc) is 2.41. The first-order valence-electron chi connectivity index (χ1n) is 6.74. The van der Waals surface area contributed by atoms with E-state index in [-0.39, 0.29) is 11.3 Å². The van der Waals surface area contributed by atoms with Crippen molar-refractivity contribution in [1.82, 2.24) is 5.43 Å². The molecule has 0 spiro atoms. The number of ether oxygens (including phenoxy) is 2. The average molecular weight is 280 g/mol. The third-order valence-corrected chi connectivity index (χ3v) is 2.74. The number of nitrogens with two attached hydrogens (primary N) is 1. The molecule has 1 aromatic carbocycles. The van der Waals surface area contributed by atoms with E-state index in [2.05, 4.69) is 26.2 Å². The van der Waals surface area contributed by atoms with E-state index in [1.54, 1.807) is 18.2 Å². The molecule has 0 saturated carbocycles. The zero-order valence-corrected chi connectivity index (χ0v) is 12.4.